The Morgan fingerprint density at radius 3 is 2.76 bits per heavy atom. The number of halogens is 1. The monoisotopic (exact) mass is 446 g/mol. The molecule has 2 aliphatic rings. The first kappa shape index (κ1) is 20.0. The van der Waals surface area contributed by atoms with Crippen LogP contribution in [0, 0.1) is 12.7 Å². The molecule has 33 heavy (non-hydrogen) atoms. The summed E-state index contributed by atoms with van der Waals surface area (Å²) in [5.74, 6) is 2.61. The number of aryl methyl sites for hydroxylation is 1. The summed E-state index contributed by atoms with van der Waals surface area (Å²) >= 11 is 0. The van der Waals surface area contributed by atoms with Gasteiger partial charge < -0.3 is 9.64 Å². The fourth-order valence-electron chi connectivity index (χ4n) is 4.85. The van der Waals surface area contributed by atoms with Gasteiger partial charge in [-0.05, 0) is 44.0 Å². The number of benzene rings is 1. The van der Waals surface area contributed by atoms with Gasteiger partial charge in [-0.25, -0.2) is 14.4 Å². The summed E-state index contributed by atoms with van der Waals surface area (Å²) < 4.78 is 23.0. The molecule has 1 aromatic carbocycles. The van der Waals surface area contributed by atoms with Crippen molar-refractivity contribution in [3.8, 4) is 23.0 Å². The van der Waals surface area contributed by atoms with Gasteiger partial charge in [0.25, 0.3) is 0 Å². The van der Waals surface area contributed by atoms with Crippen molar-refractivity contribution in [3.05, 3.63) is 60.3 Å². The molecule has 0 bridgehead atoms. The third-order valence-electron chi connectivity index (χ3n) is 6.37. The largest absolute Gasteiger partial charge is 0.379 e. The second-order valence-electron chi connectivity index (χ2n) is 8.32. The lowest BCUT2D eigenvalue weighted by Gasteiger charge is -2.40. The summed E-state index contributed by atoms with van der Waals surface area (Å²) in [6.07, 6.45) is 7.04. The van der Waals surface area contributed by atoms with Crippen LogP contribution in [0.4, 0.5) is 10.2 Å². The molecule has 10 heteroatoms. The Morgan fingerprint density at radius 2 is 2.00 bits per heavy atom. The number of rotatable bonds is 4. The zero-order valence-corrected chi connectivity index (χ0v) is 18.4. The minimum absolute atomic E-state index is 0.0354. The van der Waals surface area contributed by atoms with Crippen LogP contribution in [0.15, 0.2) is 43.0 Å². The van der Waals surface area contributed by atoms with Gasteiger partial charge in [-0.3, -0.25) is 9.13 Å². The molecular formula is C23H23FN8O. The van der Waals surface area contributed by atoms with E-state index in [1.807, 2.05) is 22.3 Å². The first-order valence-corrected chi connectivity index (χ1v) is 11.1. The molecule has 1 unspecified atom stereocenters. The molecular weight excluding hydrogens is 423 g/mol. The lowest BCUT2D eigenvalue weighted by atomic mass is 10.0. The Labute approximate surface area is 189 Å². The molecule has 0 aliphatic carbocycles. The van der Waals surface area contributed by atoms with Gasteiger partial charge in [0, 0.05) is 24.6 Å². The van der Waals surface area contributed by atoms with Crippen molar-refractivity contribution in [2.45, 2.75) is 38.8 Å². The van der Waals surface area contributed by atoms with Gasteiger partial charge in [0.1, 0.15) is 23.7 Å². The first-order chi connectivity index (χ1) is 16.2. The lowest BCUT2D eigenvalue weighted by Crippen LogP contribution is -2.44. The Morgan fingerprint density at radius 1 is 1.15 bits per heavy atom. The number of aromatic nitrogens is 7. The molecule has 0 spiro atoms. The molecule has 0 amide bonds. The minimum atomic E-state index is -0.289. The topological polar surface area (TPSA) is 86.8 Å². The molecule has 1 saturated heterocycles. The first-order valence-electron chi connectivity index (χ1n) is 11.1. The molecule has 6 rings (SSSR count). The zero-order valence-electron chi connectivity index (χ0n) is 18.4. The maximum Gasteiger partial charge on any atom is 0.237 e. The number of ether oxygens (including phenoxy) is 1. The summed E-state index contributed by atoms with van der Waals surface area (Å²) in [7, 11) is 0. The molecule has 168 valence electrons. The van der Waals surface area contributed by atoms with E-state index >= 15 is 0 Å². The molecule has 5 heterocycles. The van der Waals surface area contributed by atoms with Crippen LogP contribution in [0.3, 0.4) is 0 Å². The molecule has 0 radical (unpaired) electrons. The smallest absolute Gasteiger partial charge is 0.237 e. The van der Waals surface area contributed by atoms with Crippen LogP contribution in [0.1, 0.15) is 37.3 Å². The zero-order chi connectivity index (χ0) is 22.5. The third-order valence-corrected chi connectivity index (χ3v) is 6.37. The summed E-state index contributed by atoms with van der Waals surface area (Å²) in [4.78, 5) is 16.7. The van der Waals surface area contributed by atoms with E-state index in [9.17, 15) is 4.39 Å². The van der Waals surface area contributed by atoms with E-state index in [0.29, 0.717) is 18.4 Å². The van der Waals surface area contributed by atoms with Crippen LogP contribution in [-0.4, -0.2) is 53.5 Å². The Hall–Kier alpha value is -3.66. The van der Waals surface area contributed by atoms with Crippen molar-refractivity contribution in [1.82, 2.24) is 34.3 Å². The number of imidazole rings is 1. The predicted octanol–water partition coefficient (Wildman–Crippen LogP) is 3.42. The summed E-state index contributed by atoms with van der Waals surface area (Å²) in [5.41, 5.74) is 2.49. The van der Waals surface area contributed by atoms with E-state index < -0.39 is 0 Å². The highest BCUT2D eigenvalue weighted by Gasteiger charge is 2.40. The van der Waals surface area contributed by atoms with Crippen molar-refractivity contribution in [2.24, 2.45) is 0 Å². The highest BCUT2D eigenvalue weighted by molar-refractivity contribution is 5.66. The van der Waals surface area contributed by atoms with Gasteiger partial charge in [0.05, 0.1) is 24.4 Å². The van der Waals surface area contributed by atoms with Crippen LogP contribution in [0.2, 0.25) is 0 Å². The number of fused-ring (bicyclic) bond motifs is 3. The summed E-state index contributed by atoms with van der Waals surface area (Å²) in [6, 6.07) is 6.49. The van der Waals surface area contributed by atoms with Crippen LogP contribution in [0.5, 0.6) is 0 Å². The highest BCUT2D eigenvalue weighted by atomic mass is 19.1. The normalized spacial score (nSPS) is 19.5. The van der Waals surface area contributed by atoms with Gasteiger partial charge in [-0.15, -0.1) is 10.2 Å². The van der Waals surface area contributed by atoms with Crippen LogP contribution in [0.25, 0.3) is 23.0 Å². The van der Waals surface area contributed by atoms with E-state index in [2.05, 4.69) is 27.0 Å². The van der Waals surface area contributed by atoms with Gasteiger partial charge in [-0.1, -0.05) is 6.92 Å². The van der Waals surface area contributed by atoms with Crippen molar-refractivity contribution >= 4 is 5.82 Å². The van der Waals surface area contributed by atoms with E-state index in [4.69, 9.17) is 14.7 Å². The number of anilines is 1. The van der Waals surface area contributed by atoms with Crippen molar-refractivity contribution in [1.29, 1.82) is 0 Å². The molecule has 2 aliphatic heterocycles. The minimum Gasteiger partial charge on any atom is -0.379 e. The number of nitrogens with zero attached hydrogens (tertiary/aromatic N) is 8. The summed E-state index contributed by atoms with van der Waals surface area (Å²) in [5, 5.41) is 8.62. The van der Waals surface area contributed by atoms with Crippen LogP contribution in [-0.2, 0) is 4.74 Å². The second kappa shape index (κ2) is 7.73. The fraction of sp³-hybridized carbons (Fsp3) is 0.348. The van der Waals surface area contributed by atoms with E-state index in [0.717, 1.165) is 48.0 Å². The van der Waals surface area contributed by atoms with Gasteiger partial charge >= 0.3 is 0 Å². The highest BCUT2D eigenvalue weighted by Crippen LogP contribution is 2.42. The molecule has 3 aromatic heterocycles. The van der Waals surface area contributed by atoms with Crippen LogP contribution >= 0.6 is 0 Å². The number of hydrogen-bond acceptors (Lipinski definition) is 7. The summed E-state index contributed by atoms with van der Waals surface area (Å²) in [6.45, 7) is 5.49. The van der Waals surface area contributed by atoms with Crippen molar-refractivity contribution in [2.75, 3.05) is 18.1 Å². The molecule has 9 nitrogen and oxygen atoms in total. The maximum atomic E-state index is 13.5. The number of hydrogen-bond donors (Lipinski definition) is 0. The Bertz CT molecular complexity index is 1310. The molecule has 4 aromatic rings. The van der Waals surface area contributed by atoms with E-state index in [-0.39, 0.29) is 17.9 Å². The van der Waals surface area contributed by atoms with Gasteiger partial charge in [-0.2, -0.15) is 4.98 Å². The van der Waals surface area contributed by atoms with Crippen LogP contribution < -0.4 is 4.90 Å². The predicted molar refractivity (Wildman–Crippen MR) is 119 cm³/mol. The van der Waals surface area contributed by atoms with Crippen molar-refractivity contribution in [3.63, 3.8) is 0 Å². The Kier molecular flexibility index (Phi) is 4.68. The van der Waals surface area contributed by atoms with Gasteiger partial charge in [0.15, 0.2) is 11.6 Å². The molecule has 0 saturated carbocycles. The fourth-order valence-corrected chi connectivity index (χ4v) is 4.85. The average Bonchev–Trinajstić information content (AvgIpc) is 3.59. The molecule has 2 atom stereocenters. The second-order valence-corrected chi connectivity index (χ2v) is 8.32. The van der Waals surface area contributed by atoms with E-state index in [1.165, 1.54) is 12.1 Å². The third kappa shape index (κ3) is 3.12. The standard InChI is InChI=1S/C23H23FN8O/c1-3-18-21-29-26-13-31(21)19-14(2)27-23(28-22(19)32(18)17-8-11-33-12-17)30-10-9-25-20(30)15-4-6-16(24)7-5-15/h4-7,9-10,13,17-18H,3,8,11-12H2,1-2H3/t17?,18-/m1/s1. The van der Waals surface area contributed by atoms with E-state index in [1.54, 1.807) is 24.7 Å². The SMILES string of the molecule is CC[C@@H]1c2nncn2-c2c(C)nc(-n3ccnc3-c3ccc(F)cc3)nc2N1C1CCOC1. The maximum absolute atomic E-state index is 13.5. The van der Waals surface area contributed by atoms with Gasteiger partial charge in [0.2, 0.25) is 5.95 Å². The van der Waals surface area contributed by atoms with Crippen molar-refractivity contribution < 1.29 is 9.13 Å². The average molecular weight is 446 g/mol. The molecule has 0 N–H and O–H groups in total. The quantitative estimate of drug-likeness (QED) is 0.475. The Balaban J connectivity index is 1.54. The molecule has 1 fully saturated rings. The lowest BCUT2D eigenvalue weighted by molar-refractivity contribution is 0.191.